The van der Waals surface area contributed by atoms with Gasteiger partial charge < -0.3 is 8.96 Å². The predicted octanol–water partition coefficient (Wildman–Crippen LogP) is 0.903. The zero-order chi connectivity index (χ0) is 8.97. The number of hydrogen-bond acceptors (Lipinski definition) is 0. The third-order valence-corrected chi connectivity index (χ3v) is 2.45. The Morgan fingerprint density at radius 1 is 1.50 bits per heavy atom. The Hall–Kier alpha value is -0.660. The summed E-state index contributed by atoms with van der Waals surface area (Å²) < 4.78 is 4.46. The van der Waals surface area contributed by atoms with Crippen molar-refractivity contribution < 1.29 is 4.48 Å². The molecule has 0 aromatic carbocycles. The maximum absolute atomic E-state index is 2.33. The minimum Gasteiger partial charge on any atom is -0.500 e. The van der Waals surface area contributed by atoms with Crippen LogP contribution in [0.4, 0.5) is 0 Å². The van der Waals surface area contributed by atoms with E-state index in [0.717, 1.165) is 6.32 Å². The zero-order valence-electron chi connectivity index (χ0n) is 8.33. The first-order valence-corrected chi connectivity index (χ1v) is 4.97. The van der Waals surface area contributed by atoms with Gasteiger partial charge in [0, 0.05) is 0 Å². The van der Waals surface area contributed by atoms with E-state index in [9.17, 15) is 0 Å². The predicted molar refractivity (Wildman–Crippen MR) is 55.2 cm³/mol. The molecule has 2 nitrogen and oxygen atoms in total. The monoisotopic (exact) mass is 163 g/mol. The second-order valence-corrected chi connectivity index (χ2v) is 3.51. The molecule has 0 N–H and O–H groups in total. The van der Waals surface area contributed by atoms with Crippen LogP contribution < -0.4 is 4.48 Å². The SMILES string of the molecule is CC[B-]n1cc[n+]([BH-](C)CC)c1. The van der Waals surface area contributed by atoms with E-state index in [4.69, 9.17) is 0 Å². The minimum atomic E-state index is -0.158. The van der Waals surface area contributed by atoms with Gasteiger partial charge in [0.25, 0.3) is 0 Å². The highest BCUT2D eigenvalue weighted by atomic mass is 15.0. The Bertz CT molecular complexity index is 235. The maximum Gasteiger partial charge on any atom is 0.174 e. The molecule has 0 aliphatic heterocycles. The average molecular weight is 163 g/mol. The smallest absolute Gasteiger partial charge is 0.174 e. The molecule has 4 heteroatoms. The summed E-state index contributed by atoms with van der Waals surface area (Å²) in [6.07, 6.45) is 8.80. The van der Waals surface area contributed by atoms with Gasteiger partial charge in [-0.15, -0.1) is 6.32 Å². The molecular formula is C8H17B2N2-. The lowest BCUT2D eigenvalue weighted by Crippen LogP contribution is -2.46. The van der Waals surface area contributed by atoms with E-state index in [2.05, 4.69) is 55.8 Å². The summed E-state index contributed by atoms with van der Waals surface area (Å²) in [7, 11) is 2.18. The van der Waals surface area contributed by atoms with Crippen LogP contribution in [0.15, 0.2) is 18.7 Å². The Labute approximate surface area is 76.0 Å². The fourth-order valence-electron chi connectivity index (χ4n) is 1.31. The molecule has 2 radical (unpaired) electrons. The van der Waals surface area contributed by atoms with Gasteiger partial charge in [-0.25, -0.2) is 0 Å². The lowest BCUT2D eigenvalue weighted by atomic mass is 9.62. The van der Waals surface area contributed by atoms with E-state index >= 15 is 0 Å². The minimum absolute atomic E-state index is 0.158. The van der Waals surface area contributed by atoms with Crippen LogP contribution >= 0.6 is 0 Å². The van der Waals surface area contributed by atoms with Crippen molar-refractivity contribution in [2.24, 2.45) is 0 Å². The van der Waals surface area contributed by atoms with E-state index < -0.39 is 0 Å². The zero-order valence-corrected chi connectivity index (χ0v) is 8.33. The van der Waals surface area contributed by atoms with Crippen molar-refractivity contribution >= 4 is 14.3 Å². The van der Waals surface area contributed by atoms with Crippen LogP contribution in [0, 0.1) is 0 Å². The summed E-state index contributed by atoms with van der Waals surface area (Å²) in [5.41, 5.74) is 0. The van der Waals surface area contributed by atoms with Gasteiger partial charge in [0.05, 0.1) is 12.4 Å². The second kappa shape index (κ2) is 4.39. The van der Waals surface area contributed by atoms with Crippen LogP contribution in [0.25, 0.3) is 0 Å². The van der Waals surface area contributed by atoms with Crippen molar-refractivity contribution in [3.63, 3.8) is 0 Å². The normalized spacial score (nSPS) is 13.2. The molecule has 0 bridgehead atoms. The molecule has 0 amide bonds. The van der Waals surface area contributed by atoms with Crippen LogP contribution in [0.1, 0.15) is 13.8 Å². The van der Waals surface area contributed by atoms with Crippen LogP contribution in [-0.2, 0) is 0 Å². The Kier molecular flexibility index (Phi) is 3.45. The first kappa shape index (κ1) is 9.43. The molecule has 1 rings (SSSR count). The number of hydrogen-bond donors (Lipinski definition) is 0. The Morgan fingerprint density at radius 3 is 2.83 bits per heavy atom. The molecule has 1 aromatic heterocycles. The van der Waals surface area contributed by atoms with Crippen LogP contribution in [0.5, 0.6) is 0 Å². The highest BCUT2D eigenvalue weighted by Gasteiger charge is 1.99. The largest absolute Gasteiger partial charge is 0.500 e. The summed E-state index contributed by atoms with van der Waals surface area (Å²) in [4.78, 5) is 0. The van der Waals surface area contributed by atoms with Crippen LogP contribution in [0.3, 0.4) is 0 Å². The topological polar surface area (TPSA) is 8.81 Å². The quantitative estimate of drug-likeness (QED) is 0.583. The highest BCUT2D eigenvalue weighted by Crippen LogP contribution is 1.88. The van der Waals surface area contributed by atoms with Gasteiger partial charge in [-0.1, -0.05) is 21.3 Å². The van der Waals surface area contributed by atoms with Gasteiger partial charge in [-0.2, -0.15) is 13.1 Å². The van der Waals surface area contributed by atoms with Gasteiger partial charge in [-0.3, -0.25) is 0 Å². The number of rotatable bonds is 4. The fourth-order valence-corrected chi connectivity index (χ4v) is 1.31. The molecule has 0 spiro atoms. The fraction of sp³-hybridized carbons (Fsp3) is 0.625. The molecule has 0 aliphatic carbocycles. The summed E-state index contributed by atoms with van der Waals surface area (Å²) in [5.74, 6) is 0. The van der Waals surface area contributed by atoms with Crippen molar-refractivity contribution in [1.29, 1.82) is 0 Å². The molecule has 66 valence electrons. The molecule has 1 unspecified atom stereocenters. The van der Waals surface area contributed by atoms with E-state index in [1.807, 2.05) is 0 Å². The van der Waals surface area contributed by atoms with E-state index in [1.54, 1.807) is 0 Å². The third kappa shape index (κ3) is 2.16. The Balaban J connectivity index is 2.63. The summed E-state index contributed by atoms with van der Waals surface area (Å²) in [6, 6.07) is 0. The van der Waals surface area contributed by atoms with Crippen molar-refractivity contribution in [2.45, 2.75) is 33.3 Å². The second-order valence-electron chi connectivity index (χ2n) is 3.51. The maximum atomic E-state index is 2.33. The molecule has 0 aliphatic rings. The Morgan fingerprint density at radius 2 is 2.25 bits per heavy atom. The number of aromatic nitrogens is 2. The standard InChI is InChI=1S/C8H17B2N2/c1-4-9-11-6-7-12(8-11)10(3)5-2/h6-8,10H,4-5H2,1-3H3/q-1. The number of imidazole rings is 1. The van der Waals surface area contributed by atoms with E-state index in [1.165, 1.54) is 6.32 Å². The van der Waals surface area contributed by atoms with Gasteiger partial charge in [0.1, 0.15) is 6.33 Å². The molecule has 0 saturated heterocycles. The molecule has 1 heterocycles. The lowest BCUT2D eigenvalue weighted by Gasteiger charge is -2.11. The lowest BCUT2D eigenvalue weighted by molar-refractivity contribution is -0.536. The molecular weight excluding hydrogens is 146 g/mol. The van der Waals surface area contributed by atoms with E-state index in [-0.39, 0.29) is 6.85 Å². The van der Waals surface area contributed by atoms with Gasteiger partial charge in [0.2, 0.25) is 0 Å². The highest BCUT2D eigenvalue weighted by molar-refractivity contribution is 6.47. The summed E-state index contributed by atoms with van der Waals surface area (Å²) in [6.45, 7) is 6.56. The van der Waals surface area contributed by atoms with Gasteiger partial charge in [0.15, 0.2) is 6.85 Å². The van der Waals surface area contributed by atoms with Crippen molar-refractivity contribution in [1.82, 2.24) is 4.48 Å². The summed E-state index contributed by atoms with van der Waals surface area (Å²) >= 11 is 0. The summed E-state index contributed by atoms with van der Waals surface area (Å²) in [5, 5.41) is 0. The average Bonchev–Trinajstić information content (AvgIpc) is 2.52. The van der Waals surface area contributed by atoms with E-state index in [0.29, 0.717) is 0 Å². The molecule has 1 atom stereocenters. The first-order chi connectivity index (χ1) is 5.77. The molecule has 0 fully saturated rings. The molecule has 12 heavy (non-hydrogen) atoms. The van der Waals surface area contributed by atoms with Crippen molar-refractivity contribution in [2.75, 3.05) is 0 Å². The van der Waals surface area contributed by atoms with Crippen molar-refractivity contribution in [3.05, 3.63) is 18.7 Å². The van der Waals surface area contributed by atoms with Crippen molar-refractivity contribution in [3.8, 4) is 0 Å². The third-order valence-electron chi connectivity index (χ3n) is 2.45. The van der Waals surface area contributed by atoms with Gasteiger partial charge >= 0.3 is 0 Å². The molecule has 0 saturated carbocycles. The van der Waals surface area contributed by atoms with Crippen LogP contribution in [-0.4, -0.2) is 18.7 Å². The number of nitrogens with zero attached hydrogens (tertiary/aromatic N) is 2. The van der Waals surface area contributed by atoms with Gasteiger partial charge in [-0.05, 0) is 0 Å². The first-order valence-electron chi connectivity index (χ1n) is 4.97. The van der Waals surface area contributed by atoms with Crippen LogP contribution in [0.2, 0.25) is 19.5 Å². The molecule has 1 aromatic rings.